The standard InChI is InChI=1S/C20H22N2O4S2/c1-4-10-22-12-15-11-17(27-18(15)13-22)19(23)21-20(26-3)14-6-8-16(9-7-14)28(24,25)5-2/h6-11,20H,1,5,12-13H2,2-3H3,(H,21,23)/t20-/m0/s1. The van der Waals surface area contributed by atoms with Crippen LogP contribution in [0.15, 0.2) is 53.7 Å². The van der Waals surface area contributed by atoms with Gasteiger partial charge in [-0.2, -0.15) is 0 Å². The molecule has 1 aliphatic rings. The van der Waals surface area contributed by atoms with Crippen LogP contribution in [0.5, 0.6) is 0 Å². The number of ether oxygens (including phenoxy) is 1. The lowest BCUT2D eigenvalue weighted by Crippen LogP contribution is -2.29. The number of rotatable bonds is 7. The average Bonchev–Trinajstić information content (AvgIpc) is 3.25. The van der Waals surface area contributed by atoms with Gasteiger partial charge >= 0.3 is 0 Å². The van der Waals surface area contributed by atoms with E-state index >= 15 is 0 Å². The first-order chi connectivity index (χ1) is 13.4. The summed E-state index contributed by atoms with van der Waals surface area (Å²) in [7, 11) is -1.77. The first-order valence-corrected chi connectivity index (χ1v) is 11.2. The molecule has 0 aliphatic carbocycles. The van der Waals surface area contributed by atoms with Crippen molar-refractivity contribution >= 4 is 27.1 Å². The maximum atomic E-state index is 12.7. The molecule has 0 saturated carbocycles. The highest BCUT2D eigenvalue weighted by Gasteiger charge is 2.24. The Kier molecular flexibility index (Phi) is 6.05. The van der Waals surface area contributed by atoms with E-state index in [1.54, 1.807) is 19.1 Å². The molecular weight excluding hydrogens is 396 g/mol. The van der Waals surface area contributed by atoms with Crippen LogP contribution in [0.3, 0.4) is 0 Å². The first-order valence-electron chi connectivity index (χ1n) is 8.76. The molecule has 6 nitrogen and oxygen atoms in total. The third kappa shape index (κ3) is 4.20. The second-order valence-corrected chi connectivity index (χ2v) is 9.77. The van der Waals surface area contributed by atoms with Crippen molar-refractivity contribution in [2.24, 2.45) is 0 Å². The van der Waals surface area contributed by atoms with Crippen LogP contribution < -0.4 is 5.32 Å². The van der Waals surface area contributed by atoms with E-state index in [2.05, 4.69) is 22.5 Å². The van der Waals surface area contributed by atoms with E-state index < -0.39 is 16.1 Å². The van der Waals surface area contributed by atoms with Crippen LogP contribution in [0.25, 0.3) is 0 Å². The Bertz CT molecular complexity index is 995. The summed E-state index contributed by atoms with van der Waals surface area (Å²) in [6.45, 7) is 6.67. The van der Waals surface area contributed by atoms with Crippen molar-refractivity contribution in [3.8, 4) is 0 Å². The Morgan fingerprint density at radius 3 is 2.68 bits per heavy atom. The van der Waals surface area contributed by atoms with Crippen LogP contribution in [-0.2, 0) is 27.7 Å². The lowest BCUT2D eigenvalue weighted by Gasteiger charge is -2.17. The highest BCUT2D eigenvalue weighted by atomic mass is 32.2. The van der Waals surface area contributed by atoms with Gasteiger partial charge in [0.1, 0.15) is 0 Å². The lowest BCUT2D eigenvalue weighted by molar-refractivity contribution is 0.0578. The molecule has 0 saturated heterocycles. The van der Waals surface area contributed by atoms with Gasteiger partial charge in [0.05, 0.1) is 22.1 Å². The molecule has 28 heavy (non-hydrogen) atoms. The summed E-state index contributed by atoms with van der Waals surface area (Å²) in [4.78, 5) is 16.8. The molecule has 3 rings (SSSR count). The zero-order chi connectivity index (χ0) is 20.3. The minimum absolute atomic E-state index is 0.0415. The molecule has 0 spiro atoms. The van der Waals surface area contributed by atoms with E-state index in [1.165, 1.54) is 30.6 Å². The number of hydrogen-bond acceptors (Lipinski definition) is 6. The van der Waals surface area contributed by atoms with E-state index in [0.717, 1.165) is 23.5 Å². The van der Waals surface area contributed by atoms with Gasteiger partial charge in [0.15, 0.2) is 16.1 Å². The van der Waals surface area contributed by atoms with Gasteiger partial charge in [-0.25, -0.2) is 8.42 Å². The topological polar surface area (TPSA) is 75.7 Å². The summed E-state index contributed by atoms with van der Waals surface area (Å²) >= 11 is 1.46. The number of hydrogen-bond donors (Lipinski definition) is 1. The van der Waals surface area contributed by atoms with E-state index in [1.807, 2.05) is 12.3 Å². The predicted molar refractivity (Wildman–Crippen MR) is 109 cm³/mol. The highest BCUT2D eigenvalue weighted by molar-refractivity contribution is 7.91. The van der Waals surface area contributed by atoms with Crippen molar-refractivity contribution in [2.75, 3.05) is 12.9 Å². The fourth-order valence-electron chi connectivity index (χ4n) is 3.01. The molecule has 2 aromatic rings. The van der Waals surface area contributed by atoms with E-state index in [9.17, 15) is 13.2 Å². The number of carbonyl (C=O) groups is 1. The summed E-state index contributed by atoms with van der Waals surface area (Å²) < 4.78 is 29.3. The van der Waals surface area contributed by atoms with Gasteiger partial charge in [-0.1, -0.05) is 25.6 Å². The van der Waals surface area contributed by atoms with E-state index in [-0.39, 0.29) is 16.6 Å². The van der Waals surface area contributed by atoms with Crippen LogP contribution in [-0.4, -0.2) is 32.1 Å². The fraction of sp³-hybridized carbons (Fsp3) is 0.300. The second kappa shape index (κ2) is 8.32. The quantitative estimate of drug-likeness (QED) is 0.552. The Hall–Kier alpha value is -2.38. The number of sulfone groups is 1. The van der Waals surface area contributed by atoms with Crippen molar-refractivity contribution in [2.45, 2.75) is 31.1 Å². The Labute approximate surface area is 169 Å². The van der Waals surface area contributed by atoms with Crippen LogP contribution in [0.4, 0.5) is 0 Å². The van der Waals surface area contributed by atoms with Gasteiger partial charge < -0.3 is 15.0 Å². The van der Waals surface area contributed by atoms with Gasteiger partial charge in [0, 0.05) is 30.3 Å². The SMILES string of the molecule is C=C=CN1Cc2cc(C(=O)N[C@@H](OC)c3ccc(S(=O)(=O)CC)cc3)sc2C1. The Morgan fingerprint density at radius 2 is 2.11 bits per heavy atom. The maximum Gasteiger partial charge on any atom is 0.263 e. The number of amides is 1. The summed E-state index contributed by atoms with van der Waals surface area (Å²) in [6.07, 6.45) is 1.15. The molecule has 148 valence electrons. The molecule has 0 radical (unpaired) electrons. The molecule has 0 unspecified atom stereocenters. The molecule has 1 aromatic heterocycles. The maximum absolute atomic E-state index is 12.7. The van der Waals surface area contributed by atoms with Crippen molar-refractivity contribution < 1.29 is 17.9 Å². The highest BCUT2D eigenvalue weighted by Crippen LogP contribution is 2.31. The van der Waals surface area contributed by atoms with Gasteiger partial charge in [-0.3, -0.25) is 4.79 Å². The minimum Gasteiger partial charge on any atom is -0.362 e. The van der Waals surface area contributed by atoms with Crippen LogP contribution in [0.2, 0.25) is 0 Å². The van der Waals surface area contributed by atoms with Gasteiger partial charge in [0.25, 0.3) is 5.91 Å². The van der Waals surface area contributed by atoms with Crippen LogP contribution >= 0.6 is 11.3 Å². The zero-order valence-electron chi connectivity index (χ0n) is 15.8. The summed E-state index contributed by atoms with van der Waals surface area (Å²) in [5.74, 6) is -0.179. The first kappa shape index (κ1) is 20.4. The number of nitrogens with one attached hydrogen (secondary N) is 1. The third-order valence-corrected chi connectivity index (χ3v) is 7.45. The van der Waals surface area contributed by atoms with E-state index in [0.29, 0.717) is 10.4 Å². The molecule has 1 atom stereocenters. The molecule has 1 N–H and O–H groups in total. The summed E-state index contributed by atoms with van der Waals surface area (Å²) in [6, 6.07) is 8.28. The monoisotopic (exact) mass is 418 g/mol. The average molecular weight is 419 g/mol. The van der Waals surface area contributed by atoms with Crippen molar-refractivity contribution in [3.05, 3.63) is 69.7 Å². The summed E-state index contributed by atoms with van der Waals surface area (Å²) in [5, 5.41) is 2.85. The number of fused-ring (bicyclic) bond motifs is 1. The lowest BCUT2D eigenvalue weighted by atomic mass is 10.2. The number of methoxy groups -OCH3 is 1. The second-order valence-electron chi connectivity index (χ2n) is 6.36. The van der Waals surface area contributed by atoms with E-state index in [4.69, 9.17) is 4.74 Å². The molecule has 0 bridgehead atoms. The van der Waals surface area contributed by atoms with Crippen LogP contribution in [0, 0.1) is 0 Å². The molecule has 1 aliphatic heterocycles. The van der Waals surface area contributed by atoms with Crippen molar-refractivity contribution in [1.82, 2.24) is 10.2 Å². The normalized spacial score (nSPS) is 14.3. The fourth-order valence-corrected chi connectivity index (χ4v) is 5.00. The number of thiophene rings is 1. The third-order valence-electron chi connectivity index (χ3n) is 4.53. The zero-order valence-corrected chi connectivity index (χ0v) is 17.4. The number of nitrogens with zero attached hydrogens (tertiary/aromatic N) is 1. The van der Waals surface area contributed by atoms with Gasteiger partial charge in [-0.05, 0) is 23.8 Å². The smallest absolute Gasteiger partial charge is 0.263 e. The van der Waals surface area contributed by atoms with Gasteiger partial charge in [0.2, 0.25) is 0 Å². The van der Waals surface area contributed by atoms with Crippen molar-refractivity contribution in [1.29, 1.82) is 0 Å². The molecule has 8 heteroatoms. The molecule has 1 amide bonds. The minimum atomic E-state index is -3.26. The molecule has 1 aromatic carbocycles. The van der Waals surface area contributed by atoms with Gasteiger partial charge in [-0.15, -0.1) is 17.1 Å². The molecular formula is C20H22N2O4S2. The molecule has 0 fully saturated rings. The predicted octanol–water partition coefficient (Wildman–Crippen LogP) is 3.23. The van der Waals surface area contributed by atoms with Crippen molar-refractivity contribution in [3.63, 3.8) is 0 Å². The van der Waals surface area contributed by atoms with Crippen LogP contribution in [0.1, 0.15) is 38.8 Å². The molecule has 2 heterocycles. The number of benzene rings is 1. The summed E-state index contributed by atoms with van der Waals surface area (Å²) in [5.41, 5.74) is 4.57. The Balaban J connectivity index is 1.71. The Morgan fingerprint density at radius 1 is 1.39 bits per heavy atom. The largest absolute Gasteiger partial charge is 0.362 e. The number of carbonyl (C=O) groups excluding carboxylic acids is 1.